The second kappa shape index (κ2) is 8.43. The van der Waals surface area contributed by atoms with Crippen molar-refractivity contribution in [2.24, 2.45) is 5.11 Å². The number of nitrogens with zero attached hydrogens (tertiary/aromatic N) is 3. The molecule has 23 heavy (non-hydrogen) atoms. The fourth-order valence-corrected chi connectivity index (χ4v) is 2.50. The van der Waals surface area contributed by atoms with Crippen LogP contribution >= 0.6 is 0 Å². The van der Waals surface area contributed by atoms with Gasteiger partial charge in [-0.15, -0.1) is 0 Å². The summed E-state index contributed by atoms with van der Waals surface area (Å²) in [5.41, 5.74) is 8.36. The Kier molecular flexibility index (Phi) is 8.17. The van der Waals surface area contributed by atoms with Crippen molar-refractivity contribution in [1.29, 1.82) is 0 Å². The molecule has 0 aromatic carbocycles. The van der Waals surface area contributed by atoms with Crippen LogP contribution in [-0.4, -0.2) is 64.1 Å². The first-order valence-corrected chi connectivity index (χ1v) is 11.8. The highest BCUT2D eigenvalue weighted by molar-refractivity contribution is 7.85. The van der Waals surface area contributed by atoms with Gasteiger partial charge < -0.3 is 14.3 Å². The van der Waals surface area contributed by atoms with E-state index in [1.54, 1.807) is 0 Å². The molecule has 0 aromatic rings. The van der Waals surface area contributed by atoms with Gasteiger partial charge in [0.1, 0.15) is 6.10 Å². The minimum Gasteiger partial charge on any atom is -0.414 e. The van der Waals surface area contributed by atoms with Crippen LogP contribution in [0.25, 0.3) is 10.4 Å². The van der Waals surface area contributed by atoms with Crippen molar-refractivity contribution in [3.8, 4) is 0 Å². The Hall–Kier alpha value is -0.683. The molecule has 0 bridgehead atoms. The smallest absolute Gasteiger partial charge is 0.261 e. The largest absolute Gasteiger partial charge is 0.414 e. The molecule has 11 heteroatoms. The van der Waals surface area contributed by atoms with E-state index in [0.29, 0.717) is 12.9 Å². The lowest BCUT2D eigenvalue weighted by atomic mass is 10.1. The summed E-state index contributed by atoms with van der Waals surface area (Å²) in [5, 5.41) is 13.6. The van der Waals surface area contributed by atoms with Gasteiger partial charge in [0, 0.05) is 4.91 Å². The number of aliphatic hydroxyl groups excluding tert-OH is 1. The normalized spacial score (nSPS) is 25.3. The molecule has 0 aliphatic carbocycles. The quantitative estimate of drug-likeness (QED) is 0.255. The van der Waals surface area contributed by atoms with E-state index < -0.39 is 36.7 Å². The van der Waals surface area contributed by atoms with E-state index in [0.717, 1.165) is 0 Å². The number of hydrogen-bond acceptors (Lipinski definition) is 6. The molecule has 0 saturated carbocycles. The van der Waals surface area contributed by atoms with E-state index in [1.165, 1.54) is 0 Å². The van der Waals surface area contributed by atoms with Crippen LogP contribution in [0.2, 0.25) is 18.1 Å². The Morgan fingerprint density at radius 1 is 1.43 bits per heavy atom. The van der Waals surface area contributed by atoms with Crippen LogP contribution in [0.4, 0.5) is 0 Å². The van der Waals surface area contributed by atoms with Crippen molar-refractivity contribution in [3.63, 3.8) is 0 Å². The van der Waals surface area contributed by atoms with Gasteiger partial charge in [0.25, 0.3) is 10.1 Å². The topological polar surface area (TPSA) is 142 Å². The third-order valence-corrected chi connectivity index (χ3v) is 8.37. The summed E-state index contributed by atoms with van der Waals surface area (Å²) in [5.74, 6) is 0. The van der Waals surface area contributed by atoms with Gasteiger partial charge in [0.05, 0.1) is 31.6 Å². The number of ether oxygens (including phenoxy) is 1. The summed E-state index contributed by atoms with van der Waals surface area (Å²) >= 11 is 0. The summed E-state index contributed by atoms with van der Waals surface area (Å²) in [6.07, 6.45) is -0.451. The lowest BCUT2D eigenvalue weighted by Crippen LogP contribution is -2.44. The van der Waals surface area contributed by atoms with Crippen molar-refractivity contribution < 1.29 is 27.2 Å². The van der Waals surface area contributed by atoms with Crippen molar-refractivity contribution in [2.45, 2.75) is 57.2 Å². The molecule has 3 atom stereocenters. The Morgan fingerprint density at radius 2 is 1.91 bits per heavy atom. The van der Waals surface area contributed by atoms with Gasteiger partial charge >= 0.3 is 0 Å². The molecular weight excluding hydrogens is 342 g/mol. The van der Waals surface area contributed by atoms with Gasteiger partial charge in [-0.25, -0.2) is 0 Å². The average molecular weight is 370 g/mol. The maximum absolute atomic E-state index is 9.93. The number of aliphatic hydroxyl groups is 1. The van der Waals surface area contributed by atoms with Crippen molar-refractivity contribution in [3.05, 3.63) is 10.4 Å². The highest BCUT2D eigenvalue weighted by Crippen LogP contribution is 2.37. The molecule has 1 heterocycles. The summed E-state index contributed by atoms with van der Waals surface area (Å²) in [6.45, 7) is 11.4. The van der Waals surface area contributed by atoms with Gasteiger partial charge in [-0.1, -0.05) is 25.9 Å². The molecule has 1 saturated heterocycles. The van der Waals surface area contributed by atoms with Crippen LogP contribution < -0.4 is 0 Å². The van der Waals surface area contributed by atoms with Crippen LogP contribution in [0.1, 0.15) is 20.8 Å². The van der Waals surface area contributed by atoms with Crippen LogP contribution in [-0.2, 0) is 19.3 Å². The lowest BCUT2D eigenvalue weighted by Gasteiger charge is -2.37. The molecule has 9 nitrogen and oxygen atoms in total. The van der Waals surface area contributed by atoms with Crippen molar-refractivity contribution in [2.75, 3.05) is 19.5 Å². The van der Waals surface area contributed by atoms with Gasteiger partial charge in [-0.05, 0) is 23.7 Å². The Morgan fingerprint density at radius 3 is 2.30 bits per heavy atom. The number of rotatable bonds is 4. The molecule has 0 spiro atoms. The van der Waals surface area contributed by atoms with Crippen LogP contribution in [0, 0.1) is 0 Å². The van der Waals surface area contributed by atoms with E-state index in [4.69, 9.17) is 19.2 Å². The van der Waals surface area contributed by atoms with E-state index in [-0.39, 0.29) is 11.6 Å². The Bertz CT molecular complexity index is 519. The first-order valence-electron chi connectivity index (χ1n) is 7.09. The Labute approximate surface area is 138 Å². The minimum atomic E-state index is -3.67. The van der Waals surface area contributed by atoms with E-state index in [9.17, 15) is 13.5 Å². The molecule has 1 fully saturated rings. The molecular formula is C12H27N3O6SSi. The fourth-order valence-electron chi connectivity index (χ4n) is 1.49. The predicted molar refractivity (Wildman–Crippen MR) is 89.3 cm³/mol. The van der Waals surface area contributed by atoms with Crippen LogP contribution in [0.3, 0.4) is 0 Å². The van der Waals surface area contributed by atoms with E-state index in [1.807, 2.05) is 0 Å². The van der Waals surface area contributed by atoms with Crippen LogP contribution in [0.15, 0.2) is 5.11 Å². The lowest BCUT2D eigenvalue weighted by molar-refractivity contribution is 0.00675. The first-order chi connectivity index (χ1) is 10.2. The fraction of sp³-hybridized carbons (Fsp3) is 1.00. The monoisotopic (exact) mass is 369 g/mol. The van der Waals surface area contributed by atoms with Crippen molar-refractivity contribution >= 4 is 18.4 Å². The van der Waals surface area contributed by atoms with E-state index >= 15 is 0 Å². The highest BCUT2D eigenvalue weighted by atomic mass is 32.2. The minimum absolute atomic E-state index is 0.126. The maximum atomic E-state index is 9.93. The predicted octanol–water partition coefficient (Wildman–Crippen LogP) is 1.95. The zero-order valence-electron chi connectivity index (χ0n) is 14.4. The molecule has 0 radical (unpaired) electrons. The average Bonchev–Trinajstić information content (AvgIpc) is 2.65. The van der Waals surface area contributed by atoms with E-state index in [2.05, 4.69) is 43.9 Å². The second-order valence-electron chi connectivity index (χ2n) is 6.94. The molecule has 1 rings (SSSR count). The zero-order valence-corrected chi connectivity index (χ0v) is 16.2. The molecule has 1 aliphatic heterocycles. The standard InChI is InChI=1S/C11H23N3O3Si.CH4O3S/c1-11(2,3)18(4,5)17-7-9-10(15)8(6-16-9)13-14-12;1-5(2,3)4/h8-10,15H,6-7H2,1-5H3;1H3,(H,2,3,4). The molecule has 3 unspecified atom stereocenters. The number of hydrogen-bond donors (Lipinski definition) is 2. The Balaban J connectivity index is 0.000000841. The maximum Gasteiger partial charge on any atom is 0.261 e. The van der Waals surface area contributed by atoms with Crippen molar-refractivity contribution in [1.82, 2.24) is 0 Å². The molecule has 1 aliphatic rings. The van der Waals surface area contributed by atoms with Gasteiger partial charge in [0.2, 0.25) is 0 Å². The summed E-state index contributed by atoms with van der Waals surface area (Å²) in [4.78, 5) is 2.70. The van der Waals surface area contributed by atoms with Gasteiger partial charge in [-0.3, -0.25) is 4.55 Å². The van der Waals surface area contributed by atoms with Crippen LogP contribution in [0.5, 0.6) is 0 Å². The van der Waals surface area contributed by atoms with Gasteiger partial charge in [-0.2, -0.15) is 8.42 Å². The highest BCUT2D eigenvalue weighted by Gasteiger charge is 2.41. The summed E-state index contributed by atoms with van der Waals surface area (Å²) < 4.78 is 37.3. The first kappa shape index (κ1) is 22.3. The molecule has 2 N–H and O–H groups in total. The molecule has 0 amide bonds. The zero-order chi connectivity index (χ0) is 18.5. The summed E-state index contributed by atoms with van der Waals surface area (Å²) in [7, 11) is -5.50. The summed E-state index contributed by atoms with van der Waals surface area (Å²) in [6, 6.07) is -0.497. The number of azide groups is 1. The second-order valence-corrected chi connectivity index (χ2v) is 13.2. The molecule has 136 valence electrons. The third kappa shape index (κ3) is 8.65. The van der Waals surface area contributed by atoms with Gasteiger partial charge in [0.15, 0.2) is 8.32 Å². The molecule has 0 aromatic heterocycles. The SMILES string of the molecule is CC(C)(C)[Si](C)(C)OCC1OCC(N=[N+]=[N-])C1O.CS(=O)(=O)O. The third-order valence-electron chi connectivity index (χ3n) is 3.87.